The normalized spacial score (nSPS) is 23.6. The van der Waals surface area contributed by atoms with Crippen LogP contribution in [0, 0.1) is 5.41 Å². The highest BCUT2D eigenvalue weighted by Crippen LogP contribution is 2.46. The summed E-state index contributed by atoms with van der Waals surface area (Å²) in [5, 5.41) is 3.05. The quantitative estimate of drug-likeness (QED) is 0.749. The van der Waals surface area contributed by atoms with E-state index in [9.17, 15) is 4.79 Å². The molecule has 0 saturated heterocycles. The molecule has 0 aromatic rings. The number of ether oxygens (including phenoxy) is 1. The molecule has 1 rings (SSSR count). The van der Waals surface area contributed by atoms with E-state index >= 15 is 0 Å². The number of carbonyl (C=O) groups excluding carboxylic acids is 1. The van der Waals surface area contributed by atoms with Crippen molar-refractivity contribution in [2.75, 3.05) is 26.7 Å². The minimum atomic E-state index is 0. The van der Waals surface area contributed by atoms with Crippen LogP contribution in [0.5, 0.6) is 0 Å². The molecule has 2 unspecified atom stereocenters. The van der Waals surface area contributed by atoms with E-state index in [1.54, 1.807) is 0 Å². The molecule has 1 N–H and O–H groups in total. The number of nitrogens with one attached hydrogen (secondary N) is 1. The van der Waals surface area contributed by atoms with Gasteiger partial charge < -0.3 is 15.0 Å². The first-order valence-corrected chi connectivity index (χ1v) is 7.54. The summed E-state index contributed by atoms with van der Waals surface area (Å²) >= 11 is 0. The monoisotopic (exact) mass is 306 g/mol. The zero-order valence-corrected chi connectivity index (χ0v) is 14.4. The first-order chi connectivity index (χ1) is 8.98. The van der Waals surface area contributed by atoms with Gasteiger partial charge in [-0.1, -0.05) is 20.8 Å². The molecule has 0 spiro atoms. The number of amides is 1. The molecular weight excluding hydrogens is 276 g/mol. The van der Waals surface area contributed by atoms with Crippen molar-refractivity contribution < 1.29 is 9.53 Å². The fraction of sp³-hybridized carbons (Fsp3) is 0.933. The minimum absolute atomic E-state index is 0. The molecule has 1 saturated carbocycles. The molecule has 0 aliphatic heterocycles. The minimum Gasteiger partial charge on any atom is -0.378 e. The summed E-state index contributed by atoms with van der Waals surface area (Å²) in [6.45, 7) is 11.0. The summed E-state index contributed by atoms with van der Waals surface area (Å²) in [5.41, 5.74) is 0.0699. The third kappa shape index (κ3) is 4.34. The van der Waals surface area contributed by atoms with Gasteiger partial charge in [-0.15, -0.1) is 12.4 Å². The lowest BCUT2D eigenvalue weighted by molar-refractivity contribution is -0.167. The lowest BCUT2D eigenvalue weighted by Gasteiger charge is -2.55. The maximum absolute atomic E-state index is 12.3. The van der Waals surface area contributed by atoms with Crippen molar-refractivity contribution in [3.63, 3.8) is 0 Å². The molecule has 0 heterocycles. The van der Waals surface area contributed by atoms with E-state index in [0.717, 1.165) is 32.5 Å². The largest absolute Gasteiger partial charge is 0.378 e. The van der Waals surface area contributed by atoms with E-state index in [4.69, 9.17) is 4.74 Å². The van der Waals surface area contributed by atoms with Crippen molar-refractivity contribution >= 4 is 18.3 Å². The van der Waals surface area contributed by atoms with Crippen LogP contribution in [-0.2, 0) is 9.53 Å². The summed E-state index contributed by atoms with van der Waals surface area (Å²) in [6.07, 6.45) is 2.87. The van der Waals surface area contributed by atoms with Crippen molar-refractivity contribution in [3.05, 3.63) is 0 Å². The van der Waals surface area contributed by atoms with Crippen LogP contribution in [0.4, 0.5) is 0 Å². The molecule has 2 atom stereocenters. The highest BCUT2D eigenvalue weighted by atomic mass is 35.5. The van der Waals surface area contributed by atoms with Crippen LogP contribution in [0.2, 0.25) is 0 Å². The molecular formula is C15H31ClN2O2. The van der Waals surface area contributed by atoms with Crippen LogP contribution < -0.4 is 5.32 Å². The van der Waals surface area contributed by atoms with Crippen molar-refractivity contribution in [3.8, 4) is 0 Å². The second-order valence-corrected chi connectivity index (χ2v) is 5.96. The predicted octanol–water partition coefficient (Wildman–Crippen LogP) is 2.46. The van der Waals surface area contributed by atoms with Gasteiger partial charge in [0.05, 0.1) is 6.10 Å². The summed E-state index contributed by atoms with van der Waals surface area (Å²) in [6, 6.07) is 0.327. The number of carbonyl (C=O) groups is 1. The molecule has 20 heavy (non-hydrogen) atoms. The molecule has 1 fully saturated rings. The number of rotatable bonds is 8. The van der Waals surface area contributed by atoms with Gasteiger partial charge in [0.25, 0.3) is 0 Å². The number of hydrogen-bond donors (Lipinski definition) is 1. The molecule has 1 aliphatic rings. The Kier molecular flexibility index (Phi) is 8.71. The standard InChI is InChI=1S/C15H30N2O2.ClH/c1-6-10-17(14(18)8-9-16-5)12-11-13(19-7-2)15(12,3)4;/h12-13,16H,6-11H2,1-5H3;1H. The lowest BCUT2D eigenvalue weighted by atomic mass is 9.63. The SMILES string of the molecule is CCCN(C(=O)CCNC)C1CC(OCC)C1(C)C.Cl. The zero-order valence-electron chi connectivity index (χ0n) is 13.6. The molecule has 4 nitrogen and oxygen atoms in total. The van der Waals surface area contributed by atoms with Crippen LogP contribution >= 0.6 is 12.4 Å². The Morgan fingerprint density at radius 1 is 1.40 bits per heavy atom. The Morgan fingerprint density at radius 2 is 2.05 bits per heavy atom. The second kappa shape index (κ2) is 8.85. The van der Waals surface area contributed by atoms with E-state index in [1.807, 2.05) is 14.0 Å². The topological polar surface area (TPSA) is 41.6 Å². The van der Waals surface area contributed by atoms with E-state index in [1.165, 1.54) is 0 Å². The summed E-state index contributed by atoms with van der Waals surface area (Å²) < 4.78 is 5.76. The van der Waals surface area contributed by atoms with Gasteiger partial charge in [-0.2, -0.15) is 0 Å². The Bertz CT molecular complexity index is 298. The van der Waals surface area contributed by atoms with E-state index in [0.29, 0.717) is 18.6 Å². The third-order valence-electron chi connectivity index (χ3n) is 4.24. The second-order valence-electron chi connectivity index (χ2n) is 5.96. The van der Waals surface area contributed by atoms with Crippen LogP contribution in [-0.4, -0.2) is 49.7 Å². The van der Waals surface area contributed by atoms with Crippen LogP contribution in [0.25, 0.3) is 0 Å². The molecule has 1 aliphatic carbocycles. The van der Waals surface area contributed by atoms with Crippen molar-refractivity contribution in [2.45, 2.75) is 59.1 Å². The highest BCUT2D eigenvalue weighted by Gasteiger charge is 2.52. The highest BCUT2D eigenvalue weighted by molar-refractivity contribution is 5.85. The molecule has 0 aromatic heterocycles. The fourth-order valence-electron chi connectivity index (χ4n) is 2.95. The summed E-state index contributed by atoms with van der Waals surface area (Å²) in [7, 11) is 1.88. The molecule has 0 bridgehead atoms. The predicted molar refractivity (Wildman–Crippen MR) is 85.4 cm³/mol. The number of halogens is 1. The number of nitrogens with zero attached hydrogens (tertiary/aromatic N) is 1. The molecule has 120 valence electrons. The van der Waals surface area contributed by atoms with E-state index < -0.39 is 0 Å². The van der Waals surface area contributed by atoms with Gasteiger partial charge in [-0.05, 0) is 26.8 Å². The van der Waals surface area contributed by atoms with E-state index in [-0.39, 0.29) is 23.7 Å². The molecule has 0 aromatic carbocycles. The smallest absolute Gasteiger partial charge is 0.224 e. The van der Waals surface area contributed by atoms with Gasteiger partial charge in [0, 0.05) is 37.6 Å². The Balaban J connectivity index is 0.00000361. The number of hydrogen-bond acceptors (Lipinski definition) is 3. The average Bonchev–Trinajstić information content (AvgIpc) is 2.38. The van der Waals surface area contributed by atoms with Crippen LogP contribution in [0.3, 0.4) is 0 Å². The average molecular weight is 307 g/mol. The first kappa shape index (κ1) is 19.7. The maximum atomic E-state index is 12.3. The first-order valence-electron chi connectivity index (χ1n) is 7.54. The van der Waals surface area contributed by atoms with Crippen LogP contribution in [0.1, 0.15) is 47.0 Å². The summed E-state index contributed by atoms with van der Waals surface area (Å²) in [4.78, 5) is 14.4. The third-order valence-corrected chi connectivity index (χ3v) is 4.24. The van der Waals surface area contributed by atoms with Crippen molar-refractivity contribution in [1.29, 1.82) is 0 Å². The van der Waals surface area contributed by atoms with Gasteiger partial charge in [-0.3, -0.25) is 4.79 Å². The van der Waals surface area contributed by atoms with Gasteiger partial charge in [0.1, 0.15) is 0 Å². The van der Waals surface area contributed by atoms with Gasteiger partial charge in [-0.25, -0.2) is 0 Å². The van der Waals surface area contributed by atoms with Crippen LogP contribution in [0.15, 0.2) is 0 Å². The van der Waals surface area contributed by atoms with Gasteiger partial charge in [0.15, 0.2) is 0 Å². The van der Waals surface area contributed by atoms with Gasteiger partial charge >= 0.3 is 0 Å². The van der Waals surface area contributed by atoms with E-state index in [2.05, 4.69) is 31.0 Å². The zero-order chi connectivity index (χ0) is 14.5. The summed E-state index contributed by atoms with van der Waals surface area (Å²) in [5.74, 6) is 0.268. The van der Waals surface area contributed by atoms with Gasteiger partial charge in [0.2, 0.25) is 5.91 Å². The molecule has 5 heteroatoms. The molecule has 1 amide bonds. The Hall–Kier alpha value is -0.320. The maximum Gasteiger partial charge on any atom is 0.224 e. The Morgan fingerprint density at radius 3 is 2.50 bits per heavy atom. The van der Waals surface area contributed by atoms with Crippen molar-refractivity contribution in [1.82, 2.24) is 10.2 Å². The Labute approximate surface area is 130 Å². The fourth-order valence-corrected chi connectivity index (χ4v) is 2.95. The lowest BCUT2D eigenvalue weighted by Crippen LogP contribution is -2.63. The van der Waals surface area contributed by atoms with Crippen molar-refractivity contribution in [2.24, 2.45) is 5.41 Å². The molecule has 0 radical (unpaired) electrons.